The molecule has 0 amide bonds. The number of carbonyl (C=O) groups excluding carboxylic acids is 1. The first kappa shape index (κ1) is 11.1. The molecule has 1 aromatic heterocycles. The summed E-state index contributed by atoms with van der Waals surface area (Å²) in [7, 11) is 0. The Morgan fingerprint density at radius 3 is 3.06 bits per heavy atom. The summed E-state index contributed by atoms with van der Waals surface area (Å²) in [6.07, 6.45) is 5.09. The molecule has 1 aliphatic heterocycles. The van der Waals surface area contributed by atoms with E-state index in [1.807, 2.05) is 6.92 Å². The molecule has 0 saturated carbocycles. The van der Waals surface area contributed by atoms with Crippen LogP contribution in [0, 0.1) is 0 Å². The van der Waals surface area contributed by atoms with E-state index < -0.39 is 0 Å². The zero-order chi connectivity index (χ0) is 11.4. The maximum absolute atomic E-state index is 11.7. The zero-order valence-electron chi connectivity index (χ0n) is 9.26. The number of hydrogen-bond acceptors (Lipinski definition) is 4. The van der Waals surface area contributed by atoms with Gasteiger partial charge in [-0.2, -0.15) is 0 Å². The van der Waals surface area contributed by atoms with Crippen molar-refractivity contribution in [3.05, 3.63) is 30.1 Å². The molecular weight excluding hydrogens is 206 g/mol. The summed E-state index contributed by atoms with van der Waals surface area (Å²) in [6, 6.07) is 3.41. The van der Waals surface area contributed by atoms with Crippen molar-refractivity contribution in [2.24, 2.45) is 0 Å². The van der Waals surface area contributed by atoms with E-state index >= 15 is 0 Å². The Morgan fingerprint density at radius 1 is 1.56 bits per heavy atom. The molecule has 0 aromatic carbocycles. The van der Waals surface area contributed by atoms with Crippen LogP contribution in [0.1, 0.15) is 30.1 Å². The highest BCUT2D eigenvalue weighted by molar-refractivity contribution is 5.89. The largest absolute Gasteiger partial charge is 0.456 e. The molecule has 2 atom stereocenters. The van der Waals surface area contributed by atoms with Crippen molar-refractivity contribution >= 4 is 5.97 Å². The fourth-order valence-corrected chi connectivity index (χ4v) is 1.65. The number of hydrogen-bond donors (Lipinski definition) is 0. The first-order chi connectivity index (χ1) is 7.75. The fourth-order valence-electron chi connectivity index (χ4n) is 1.65. The molecule has 4 heteroatoms. The molecule has 0 radical (unpaired) electrons. The monoisotopic (exact) mass is 221 g/mol. The normalized spacial score (nSPS) is 25.1. The van der Waals surface area contributed by atoms with Gasteiger partial charge in [-0.15, -0.1) is 0 Å². The van der Waals surface area contributed by atoms with Gasteiger partial charge in [0, 0.05) is 12.4 Å². The summed E-state index contributed by atoms with van der Waals surface area (Å²) in [5.74, 6) is -0.323. The Morgan fingerprint density at radius 2 is 2.44 bits per heavy atom. The van der Waals surface area contributed by atoms with E-state index in [2.05, 4.69) is 4.98 Å². The first-order valence-corrected chi connectivity index (χ1v) is 5.48. The average Bonchev–Trinajstić information content (AvgIpc) is 2.33. The molecule has 16 heavy (non-hydrogen) atoms. The van der Waals surface area contributed by atoms with Crippen molar-refractivity contribution in [2.75, 3.05) is 6.61 Å². The van der Waals surface area contributed by atoms with E-state index in [0.717, 1.165) is 12.8 Å². The number of ether oxygens (including phenoxy) is 2. The highest BCUT2D eigenvalue weighted by Gasteiger charge is 2.22. The van der Waals surface area contributed by atoms with Crippen LogP contribution < -0.4 is 0 Å². The minimum absolute atomic E-state index is 0.121. The van der Waals surface area contributed by atoms with Gasteiger partial charge >= 0.3 is 5.97 Å². The Kier molecular flexibility index (Phi) is 3.51. The predicted molar refractivity (Wildman–Crippen MR) is 58.1 cm³/mol. The highest BCUT2D eigenvalue weighted by Crippen LogP contribution is 2.16. The number of carbonyl (C=O) groups is 1. The Bertz CT molecular complexity index is 345. The molecule has 1 fully saturated rings. The quantitative estimate of drug-likeness (QED) is 0.714. The SMILES string of the molecule is CC1CCC(OC(=O)c2cccnc2)CO1. The van der Waals surface area contributed by atoms with Crippen molar-refractivity contribution in [1.29, 1.82) is 0 Å². The van der Waals surface area contributed by atoms with Crippen LogP contribution in [0.4, 0.5) is 0 Å². The fraction of sp³-hybridized carbons (Fsp3) is 0.500. The minimum atomic E-state index is -0.323. The Balaban J connectivity index is 1.88. The molecular formula is C12H15NO3. The van der Waals surface area contributed by atoms with Gasteiger partial charge in [0.2, 0.25) is 0 Å². The van der Waals surface area contributed by atoms with Crippen LogP contribution in [0.3, 0.4) is 0 Å². The van der Waals surface area contributed by atoms with E-state index in [9.17, 15) is 4.79 Å². The van der Waals surface area contributed by atoms with Crippen LogP contribution in [0.15, 0.2) is 24.5 Å². The average molecular weight is 221 g/mol. The predicted octanol–water partition coefficient (Wildman–Crippen LogP) is 1.81. The van der Waals surface area contributed by atoms with Crippen LogP contribution >= 0.6 is 0 Å². The van der Waals surface area contributed by atoms with Crippen molar-refractivity contribution in [3.63, 3.8) is 0 Å². The van der Waals surface area contributed by atoms with Gasteiger partial charge in [0.1, 0.15) is 6.10 Å². The van der Waals surface area contributed by atoms with Crippen LogP contribution in [0.5, 0.6) is 0 Å². The summed E-state index contributed by atoms with van der Waals surface area (Å²) in [4.78, 5) is 15.6. The molecule has 1 aliphatic rings. The standard InChI is InChI=1S/C12H15NO3/c1-9-4-5-11(8-15-9)16-12(14)10-3-2-6-13-7-10/h2-3,6-7,9,11H,4-5,8H2,1H3. The maximum atomic E-state index is 11.7. The lowest BCUT2D eigenvalue weighted by Crippen LogP contribution is -2.31. The van der Waals surface area contributed by atoms with Crippen molar-refractivity contribution < 1.29 is 14.3 Å². The summed E-state index contributed by atoms with van der Waals surface area (Å²) in [5.41, 5.74) is 0.487. The van der Waals surface area contributed by atoms with Gasteiger partial charge in [0.15, 0.2) is 0 Å². The number of nitrogens with zero attached hydrogens (tertiary/aromatic N) is 1. The van der Waals surface area contributed by atoms with E-state index in [0.29, 0.717) is 12.2 Å². The van der Waals surface area contributed by atoms with Gasteiger partial charge in [-0.1, -0.05) is 0 Å². The lowest BCUT2D eigenvalue weighted by molar-refractivity contribution is -0.0602. The maximum Gasteiger partial charge on any atom is 0.340 e. The molecule has 2 heterocycles. The summed E-state index contributed by atoms with van der Waals surface area (Å²) in [5, 5.41) is 0. The van der Waals surface area contributed by atoms with Gasteiger partial charge in [-0.3, -0.25) is 4.98 Å². The molecule has 0 N–H and O–H groups in total. The van der Waals surface area contributed by atoms with E-state index in [-0.39, 0.29) is 18.2 Å². The van der Waals surface area contributed by atoms with Crippen molar-refractivity contribution in [3.8, 4) is 0 Å². The second-order valence-electron chi connectivity index (χ2n) is 3.99. The van der Waals surface area contributed by atoms with E-state index in [4.69, 9.17) is 9.47 Å². The molecule has 0 aliphatic carbocycles. The smallest absolute Gasteiger partial charge is 0.340 e. The zero-order valence-corrected chi connectivity index (χ0v) is 9.26. The molecule has 1 saturated heterocycles. The van der Waals surface area contributed by atoms with E-state index in [1.54, 1.807) is 18.3 Å². The summed E-state index contributed by atoms with van der Waals surface area (Å²) < 4.78 is 10.8. The molecule has 0 bridgehead atoms. The van der Waals surface area contributed by atoms with Crippen LogP contribution in [0.25, 0.3) is 0 Å². The lowest BCUT2D eigenvalue weighted by Gasteiger charge is -2.26. The third-order valence-electron chi connectivity index (χ3n) is 2.63. The number of esters is 1. The minimum Gasteiger partial charge on any atom is -0.456 e. The number of pyridine rings is 1. The Hall–Kier alpha value is -1.42. The molecule has 4 nitrogen and oxygen atoms in total. The molecule has 0 spiro atoms. The van der Waals surface area contributed by atoms with Crippen LogP contribution in [-0.2, 0) is 9.47 Å². The molecule has 1 aromatic rings. The number of aromatic nitrogens is 1. The van der Waals surface area contributed by atoms with Crippen molar-refractivity contribution in [1.82, 2.24) is 4.98 Å². The molecule has 2 rings (SSSR count). The first-order valence-electron chi connectivity index (χ1n) is 5.48. The van der Waals surface area contributed by atoms with Crippen LogP contribution in [0.2, 0.25) is 0 Å². The van der Waals surface area contributed by atoms with E-state index in [1.165, 1.54) is 6.20 Å². The van der Waals surface area contributed by atoms with Gasteiger partial charge in [0.05, 0.1) is 18.3 Å². The molecule has 86 valence electrons. The third-order valence-corrected chi connectivity index (χ3v) is 2.63. The topological polar surface area (TPSA) is 48.4 Å². The highest BCUT2D eigenvalue weighted by atomic mass is 16.6. The second-order valence-corrected chi connectivity index (χ2v) is 3.99. The van der Waals surface area contributed by atoms with Gasteiger partial charge < -0.3 is 9.47 Å². The Labute approximate surface area is 94.6 Å². The number of rotatable bonds is 2. The summed E-state index contributed by atoms with van der Waals surface area (Å²) in [6.45, 7) is 2.52. The van der Waals surface area contributed by atoms with Crippen LogP contribution in [-0.4, -0.2) is 29.8 Å². The van der Waals surface area contributed by atoms with Crippen molar-refractivity contribution in [2.45, 2.75) is 32.0 Å². The van der Waals surface area contributed by atoms with Gasteiger partial charge in [-0.05, 0) is 31.9 Å². The second kappa shape index (κ2) is 5.07. The molecule has 2 unspecified atom stereocenters. The van der Waals surface area contributed by atoms with Gasteiger partial charge in [-0.25, -0.2) is 4.79 Å². The van der Waals surface area contributed by atoms with Gasteiger partial charge in [0.25, 0.3) is 0 Å². The third kappa shape index (κ3) is 2.79. The summed E-state index contributed by atoms with van der Waals surface area (Å²) >= 11 is 0. The lowest BCUT2D eigenvalue weighted by atomic mass is 10.1.